The molecule has 0 saturated heterocycles. The number of amides is 1. The Hall–Kier alpha value is -2.62. The van der Waals surface area contributed by atoms with E-state index in [9.17, 15) is 14.7 Å². The fourth-order valence-electron chi connectivity index (χ4n) is 2.74. The van der Waals surface area contributed by atoms with Gasteiger partial charge in [0.25, 0.3) is 5.91 Å². The third-order valence-corrected chi connectivity index (χ3v) is 3.73. The highest BCUT2D eigenvalue weighted by atomic mass is 16.4. The van der Waals surface area contributed by atoms with Crippen LogP contribution in [-0.2, 0) is 4.79 Å². The second-order valence-corrected chi connectivity index (χ2v) is 5.98. The average molecular weight is 311 g/mol. The standard InChI is InChI=1S/C19H21NO3/c1-11-5-6-16(14(4)8-11)18(21)20-17(19(22)23)15-9-12(2)7-13(3)10-15/h5-10,17H,1-4H3,(H,20,21)(H,22,23). The predicted octanol–water partition coefficient (Wildman–Crippen LogP) is 3.48. The number of carbonyl (C=O) groups is 2. The summed E-state index contributed by atoms with van der Waals surface area (Å²) in [4.78, 5) is 24.1. The molecular formula is C19H21NO3. The summed E-state index contributed by atoms with van der Waals surface area (Å²) in [7, 11) is 0. The number of hydrogen-bond acceptors (Lipinski definition) is 2. The van der Waals surface area contributed by atoms with E-state index in [4.69, 9.17) is 0 Å². The van der Waals surface area contributed by atoms with Gasteiger partial charge in [0.1, 0.15) is 0 Å². The Morgan fingerprint density at radius 1 is 0.913 bits per heavy atom. The Labute approximate surface area is 136 Å². The van der Waals surface area contributed by atoms with Crippen molar-refractivity contribution in [3.05, 3.63) is 69.8 Å². The molecule has 0 aliphatic rings. The molecule has 1 unspecified atom stereocenters. The maximum Gasteiger partial charge on any atom is 0.330 e. The highest BCUT2D eigenvalue weighted by Crippen LogP contribution is 2.19. The van der Waals surface area contributed by atoms with Crippen molar-refractivity contribution >= 4 is 11.9 Å². The van der Waals surface area contributed by atoms with Crippen LogP contribution < -0.4 is 5.32 Å². The minimum absolute atomic E-state index is 0.381. The second-order valence-electron chi connectivity index (χ2n) is 5.98. The molecule has 1 amide bonds. The molecule has 2 aromatic rings. The van der Waals surface area contributed by atoms with Crippen molar-refractivity contribution in [2.75, 3.05) is 0 Å². The molecule has 0 heterocycles. The maximum absolute atomic E-state index is 12.5. The summed E-state index contributed by atoms with van der Waals surface area (Å²) in [5.41, 5.74) is 4.88. The molecule has 4 heteroatoms. The van der Waals surface area contributed by atoms with Crippen molar-refractivity contribution in [3.63, 3.8) is 0 Å². The summed E-state index contributed by atoms with van der Waals surface area (Å²) in [6.45, 7) is 7.60. The second kappa shape index (κ2) is 6.65. The zero-order valence-corrected chi connectivity index (χ0v) is 13.8. The highest BCUT2D eigenvalue weighted by molar-refractivity contribution is 5.98. The molecule has 0 spiro atoms. The van der Waals surface area contributed by atoms with Crippen molar-refractivity contribution in [1.82, 2.24) is 5.32 Å². The molecule has 0 bridgehead atoms. The van der Waals surface area contributed by atoms with Crippen LogP contribution in [0.3, 0.4) is 0 Å². The molecule has 2 N–H and O–H groups in total. The van der Waals surface area contributed by atoms with Gasteiger partial charge in [0, 0.05) is 5.56 Å². The van der Waals surface area contributed by atoms with E-state index in [1.54, 1.807) is 18.2 Å². The molecule has 2 rings (SSSR count). The van der Waals surface area contributed by atoms with E-state index in [0.717, 1.165) is 22.3 Å². The van der Waals surface area contributed by atoms with Gasteiger partial charge in [-0.15, -0.1) is 0 Å². The number of nitrogens with one attached hydrogen (secondary N) is 1. The van der Waals surface area contributed by atoms with E-state index >= 15 is 0 Å². The number of carboxylic acids is 1. The minimum Gasteiger partial charge on any atom is -0.479 e. The largest absolute Gasteiger partial charge is 0.479 e. The zero-order valence-electron chi connectivity index (χ0n) is 13.8. The summed E-state index contributed by atoms with van der Waals surface area (Å²) in [6, 6.07) is 9.94. The number of carbonyl (C=O) groups excluding carboxylic acids is 1. The molecule has 0 aliphatic carbocycles. The molecule has 1 atom stereocenters. The van der Waals surface area contributed by atoms with Crippen LogP contribution in [0, 0.1) is 27.7 Å². The van der Waals surface area contributed by atoms with Crippen LogP contribution in [0.4, 0.5) is 0 Å². The Morgan fingerprint density at radius 3 is 2.04 bits per heavy atom. The first kappa shape index (κ1) is 16.7. The number of aliphatic carboxylic acids is 1. The van der Waals surface area contributed by atoms with Gasteiger partial charge in [-0.2, -0.15) is 0 Å². The quantitative estimate of drug-likeness (QED) is 0.908. The minimum atomic E-state index is -1.08. The predicted molar refractivity (Wildman–Crippen MR) is 89.7 cm³/mol. The maximum atomic E-state index is 12.5. The SMILES string of the molecule is Cc1cc(C)cc(C(NC(=O)c2ccc(C)cc2C)C(=O)O)c1. The van der Waals surface area contributed by atoms with Gasteiger partial charge in [0.05, 0.1) is 0 Å². The van der Waals surface area contributed by atoms with Gasteiger partial charge in [-0.05, 0) is 44.9 Å². The van der Waals surface area contributed by atoms with Crippen molar-refractivity contribution in [3.8, 4) is 0 Å². The lowest BCUT2D eigenvalue weighted by Crippen LogP contribution is -2.34. The van der Waals surface area contributed by atoms with Crippen LogP contribution in [0.15, 0.2) is 36.4 Å². The van der Waals surface area contributed by atoms with E-state index in [1.165, 1.54) is 0 Å². The molecule has 0 aromatic heterocycles. The zero-order chi connectivity index (χ0) is 17.1. The molecule has 0 aliphatic heterocycles. The first-order valence-electron chi connectivity index (χ1n) is 7.47. The van der Waals surface area contributed by atoms with E-state index in [2.05, 4.69) is 5.32 Å². The third-order valence-electron chi connectivity index (χ3n) is 3.73. The molecule has 0 radical (unpaired) electrons. The number of carboxylic acid groups (broad SMARTS) is 1. The molecule has 120 valence electrons. The number of hydrogen-bond donors (Lipinski definition) is 2. The number of aryl methyl sites for hydroxylation is 4. The molecule has 0 saturated carbocycles. The van der Waals surface area contributed by atoms with E-state index in [-0.39, 0.29) is 5.91 Å². The lowest BCUT2D eigenvalue weighted by atomic mass is 10.00. The van der Waals surface area contributed by atoms with Crippen LogP contribution in [0.5, 0.6) is 0 Å². The van der Waals surface area contributed by atoms with Crippen LogP contribution in [0.25, 0.3) is 0 Å². The molecule has 4 nitrogen and oxygen atoms in total. The lowest BCUT2D eigenvalue weighted by molar-refractivity contribution is -0.139. The fourth-order valence-corrected chi connectivity index (χ4v) is 2.74. The summed E-state index contributed by atoms with van der Waals surface area (Å²) >= 11 is 0. The Morgan fingerprint density at radius 2 is 1.52 bits per heavy atom. The third kappa shape index (κ3) is 3.97. The van der Waals surface area contributed by atoms with Crippen molar-refractivity contribution < 1.29 is 14.7 Å². The van der Waals surface area contributed by atoms with Crippen LogP contribution in [0.2, 0.25) is 0 Å². The van der Waals surface area contributed by atoms with Crippen LogP contribution >= 0.6 is 0 Å². The first-order valence-corrected chi connectivity index (χ1v) is 7.47. The Bertz CT molecular complexity index is 745. The molecule has 0 fully saturated rings. The van der Waals surface area contributed by atoms with Gasteiger partial charge in [0.2, 0.25) is 0 Å². The summed E-state index contributed by atoms with van der Waals surface area (Å²) < 4.78 is 0. The van der Waals surface area contributed by atoms with E-state index < -0.39 is 12.0 Å². The average Bonchev–Trinajstić information content (AvgIpc) is 2.42. The monoisotopic (exact) mass is 311 g/mol. The van der Waals surface area contributed by atoms with E-state index in [1.807, 2.05) is 45.9 Å². The fraction of sp³-hybridized carbons (Fsp3) is 0.263. The number of rotatable bonds is 4. The summed E-state index contributed by atoms with van der Waals surface area (Å²) in [5, 5.41) is 12.1. The smallest absolute Gasteiger partial charge is 0.330 e. The molecular weight excluding hydrogens is 290 g/mol. The van der Waals surface area contributed by atoms with Gasteiger partial charge in [-0.25, -0.2) is 4.79 Å². The molecule has 23 heavy (non-hydrogen) atoms. The van der Waals surface area contributed by atoms with Gasteiger partial charge >= 0.3 is 5.97 Å². The molecule has 2 aromatic carbocycles. The topological polar surface area (TPSA) is 66.4 Å². The Balaban J connectivity index is 2.32. The summed E-state index contributed by atoms with van der Waals surface area (Å²) in [5.74, 6) is -1.46. The van der Waals surface area contributed by atoms with Gasteiger partial charge < -0.3 is 10.4 Å². The van der Waals surface area contributed by atoms with Gasteiger partial charge in [-0.3, -0.25) is 4.79 Å². The Kier molecular flexibility index (Phi) is 4.84. The highest BCUT2D eigenvalue weighted by Gasteiger charge is 2.23. The lowest BCUT2D eigenvalue weighted by Gasteiger charge is -2.17. The normalized spacial score (nSPS) is 11.8. The number of benzene rings is 2. The first-order chi connectivity index (χ1) is 10.8. The van der Waals surface area contributed by atoms with Crippen LogP contribution in [-0.4, -0.2) is 17.0 Å². The van der Waals surface area contributed by atoms with Crippen molar-refractivity contribution in [2.45, 2.75) is 33.7 Å². The summed E-state index contributed by atoms with van der Waals surface area (Å²) in [6.07, 6.45) is 0. The van der Waals surface area contributed by atoms with Gasteiger partial charge in [-0.1, -0.05) is 47.0 Å². The van der Waals surface area contributed by atoms with Crippen molar-refractivity contribution in [2.24, 2.45) is 0 Å². The van der Waals surface area contributed by atoms with Gasteiger partial charge in [0.15, 0.2) is 6.04 Å². The van der Waals surface area contributed by atoms with Crippen LogP contribution in [0.1, 0.15) is 44.2 Å². The van der Waals surface area contributed by atoms with Crippen molar-refractivity contribution in [1.29, 1.82) is 0 Å². The van der Waals surface area contributed by atoms with E-state index in [0.29, 0.717) is 11.1 Å².